The van der Waals surface area contributed by atoms with Crippen LogP contribution in [0.4, 0.5) is 0 Å². The molecule has 0 radical (unpaired) electrons. The predicted octanol–water partition coefficient (Wildman–Crippen LogP) is 4.07. The first kappa shape index (κ1) is 12.5. The van der Waals surface area contributed by atoms with Gasteiger partial charge in [-0.05, 0) is 33.6 Å². The normalized spacial score (nSPS) is 26.5. The smallest absolute Gasteiger partial charge is 0.310 e. The Morgan fingerprint density at radius 3 is 2.50 bits per heavy atom. The van der Waals surface area contributed by atoms with Crippen molar-refractivity contribution in [1.82, 2.24) is 0 Å². The predicted molar refractivity (Wildman–Crippen MR) is 67.5 cm³/mol. The Bertz CT molecular complexity index is 461. The van der Waals surface area contributed by atoms with Crippen molar-refractivity contribution in [2.24, 2.45) is 5.92 Å². The molecule has 2 rings (SSSR count). The summed E-state index contributed by atoms with van der Waals surface area (Å²) in [6, 6.07) is 5.16. The van der Waals surface area contributed by atoms with Crippen LogP contribution < -0.4 is 0 Å². The highest BCUT2D eigenvalue weighted by Gasteiger charge is 2.68. The molecule has 1 aliphatic rings. The molecule has 86 valence electrons. The molecule has 1 fully saturated rings. The molecular weight excluding hydrogens is 338 g/mol. The Hall–Kier alpha value is 0.0400. The number of hydrogen-bond donors (Lipinski definition) is 1. The molecule has 1 aromatic rings. The molecule has 0 unspecified atom stereocenters. The first-order chi connectivity index (χ1) is 7.35. The summed E-state index contributed by atoms with van der Waals surface area (Å²) in [4.78, 5) is 10.9. The molecule has 0 saturated heterocycles. The first-order valence-corrected chi connectivity index (χ1v) is 6.34. The van der Waals surface area contributed by atoms with Crippen molar-refractivity contribution in [3.8, 4) is 0 Å². The van der Waals surface area contributed by atoms with Gasteiger partial charge in [-0.25, -0.2) is 0 Å². The quantitative estimate of drug-likeness (QED) is 0.821. The van der Waals surface area contributed by atoms with Crippen LogP contribution in [0.25, 0.3) is 0 Å². The molecule has 6 heteroatoms. The van der Waals surface area contributed by atoms with Crippen molar-refractivity contribution in [2.45, 2.75) is 10.3 Å². The fourth-order valence-electron chi connectivity index (χ4n) is 1.75. The fourth-order valence-corrected chi connectivity index (χ4v) is 3.09. The fraction of sp³-hybridized carbons (Fsp3) is 0.300. The van der Waals surface area contributed by atoms with E-state index in [9.17, 15) is 4.79 Å². The lowest BCUT2D eigenvalue weighted by atomic mass is 10.1. The second kappa shape index (κ2) is 4.05. The van der Waals surface area contributed by atoms with E-state index in [4.69, 9.17) is 39.9 Å². The Balaban J connectivity index is 2.33. The third-order valence-electron chi connectivity index (χ3n) is 2.62. The SMILES string of the molecule is O=C(O)[C@@H]1[C@@H](c2ccc(Cl)c(Br)c2)C1(Cl)Cl. The standard InChI is InChI=1S/C10H6BrCl3O2/c11-5-3-4(1-2-6(5)12)7-8(9(15)16)10(7,13)14/h1-3,7-8H,(H,15,16)/t7-,8+/m1/s1. The van der Waals surface area contributed by atoms with Gasteiger partial charge in [0.15, 0.2) is 0 Å². The summed E-state index contributed by atoms with van der Waals surface area (Å²) in [6.07, 6.45) is 0. The van der Waals surface area contributed by atoms with Crippen molar-refractivity contribution < 1.29 is 9.90 Å². The Morgan fingerprint density at radius 1 is 1.44 bits per heavy atom. The molecule has 0 spiro atoms. The monoisotopic (exact) mass is 342 g/mol. The molecule has 1 N–H and O–H groups in total. The molecule has 0 amide bonds. The average molecular weight is 344 g/mol. The van der Waals surface area contributed by atoms with Crippen LogP contribution in [-0.2, 0) is 4.79 Å². The van der Waals surface area contributed by atoms with Crippen LogP contribution in [0.2, 0.25) is 5.02 Å². The van der Waals surface area contributed by atoms with E-state index >= 15 is 0 Å². The number of carbonyl (C=O) groups is 1. The number of rotatable bonds is 2. The van der Waals surface area contributed by atoms with Crippen molar-refractivity contribution in [1.29, 1.82) is 0 Å². The zero-order valence-electron chi connectivity index (χ0n) is 7.75. The average Bonchev–Trinajstić information content (AvgIpc) is 2.74. The van der Waals surface area contributed by atoms with Crippen molar-refractivity contribution in [3.63, 3.8) is 0 Å². The highest BCUT2D eigenvalue weighted by molar-refractivity contribution is 9.10. The van der Waals surface area contributed by atoms with Gasteiger partial charge in [0.1, 0.15) is 4.33 Å². The largest absolute Gasteiger partial charge is 0.481 e. The molecule has 1 saturated carbocycles. The summed E-state index contributed by atoms with van der Waals surface area (Å²) in [5.74, 6) is -2.13. The molecule has 0 bridgehead atoms. The van der Waals surface area contributed by atoms with Crippen LogP contribution >= 0.6 is 50.7 Å². The van der Waals surface area contributed by atoms with Crippen molar-refractivity contribution in [3.05, 3.63) is 33.3 Å². The van der Waals surface area contributed by atoms with Gasteiger partial charge in [0.25, 0.3) is 0 Å². The van der Waals surface area contributed by atoms with E-state index in [1.807, 2.05) is 0 Å². The molecule has 1 aromatic carbocycles. The zero-order valence-corrected chi connectivity index (χ0v) is 11.6. The maximum atomic E-state index is 10.9. The lowest BCUT2D eigenvalue weighted by Crippen LogP contribution is -2.03. The van der Waals surface area contributed by atoms with E-state index in [0.29, 0.717) is 9.50 Å². The number of alkyl halides is 2. The van der Waals surface area contributed by atoms with Gasteiger partial charge in [-0.2, -0.15) is 0 Å². The van der Waals surface area contributed by atoms with Gasteiger partial charge < -0.3 is 5.11 Å². The van der Waals surface area contributed by atoms with Gasteiger partial charge in [0, 0.05) is 10.4 Å². The minimum absolute atomic E-state index is 0.387. The van der Waals surface area contributed by atoms with Crippen LogP contribution in [0.5, 0.6) is 0 Å². The van der Waals surface area contributed by atoms with Gasteiger partial charge in [0.2, 0.25) is 0 Å². The second-order valence-electron chi connectivity index (χ2n) is 3.64. The van der Waals surface area contributed by atoms with Crippen LogP contribution in [-0.4, -0.2) is 15.4 Å². The van der Waals surface area contributed by atoms with Crippen LogP contribution in [0.1, 0.15) is 11.5 Å². The van der Waals surface area contributed by atoms with E-state index in [1.165, 1.54) is 0 Å². The van der Waals surface area contributed by atoms with E-state index in [1.54, 1.807) is 18.2 Å². The van der Waals surface area contributed by atoms with Gasteiger partial charge in [-0.15, -0.1) is 0 Å². The minimum Gasteiger partial charge on any atom is -0.481 e. The van der Waals surface area contributed by atoms with Crippen LogP contribution in [0.15, 0.2) is 22.7 Å². The lowest BCUT2D eigenvalue weighted by Gasteiger charge is -2.02. The third kappa shape index (κ3) is 1.94. The topological polar surface area (TPSA) is 37.3 Å². The Morgan fingerprint density at radius 2 is 2.06 bits per heavy atom. The summed E-state index contributed by atoms with van der Waals surface area (Å²) >= 11 is 21.0. The van der Waals surface area contributed by atoms with Gasteiger partial charge >= 0.3 is 5.97 Å². The molecule has 1 aliphatic carbocycles. The van der Waals surface area contributed by atoms with Crippen LogP contribution in [0, 0.1) is 5.92 Å². The van der Waals surface area contributed by atoms with E-state index < -0.39 is 16.2 Å². The summed E-state index contributed by atoms with van der Waals surface area (Å²) in [6.45, 7) is 0. The van der Waals surface area contributed by atoms with E-state index in [-0.39, 0.29) is 5.92 Å². The van der Waals surface area contributed by atoms with Gasteiger partial charge in [-0.1, -0.05) is 40.9 Å². The first-order valence-electron chi connectivity index (χ1n) is 4.41. The van der Waals surface area contributed by atoms with Crippen LogP contribution in [0.3, 0.4) is 0 Å². The number of carboxylic acid groups (broad SMARTS) is 1. The summed E-state index contributed by atoms with van der Waals surface area (Å²) in [5, 5.41) is 9.50. The molecular formula is C10H6BrCl3O2. The molecule has 16 heavy (non-hydrogen) atoms. The van der Waals surface area contributed by atoms with Gasteiger partial charge in [0.05, 0.1) is 10.9 Å². The van der Waals surface area contributed by atoms with Gasteiger partial charge in [-0.3, -0.25) is 4.79 Å². The number of hydrogen-bond acceptors (Lipinski definition) is 1. The van der Waals surface area contributed by atoms with E-state index in [2.05, 4.69) is 15.9 Å². The highest BCUT2D eigenvalue weighted by atomic mass is 79.9. The summed E-state index contributed by atoms with van der Waals surface area (Å²) < 4.78 is -0.522. The third-order valence-corrected chi connectivity index (χ3v) is 4.78. The minimum atomic E-state index is -1.22. The maximum absolute atomic E-state index is 10.9. The lowest BCUT2D eigenvalue weighted by molar-refractivity contribution is -0.138. The van der Waals surface area contributed by atoms with E-state index in [0.717, 1.165) is 5.56 Å². The molecule has 0 heterocycles. The number of aliphatic carboxylic acids is 1. The number of benzene rings is 1. The number of carboxylic acids is 1. The zero-order chi connectivity index (χ0) is 12.1. The van der Waals surface area contributed by atoms with Crippen molar-refractivity contribution >= 4 is 56.7 Å². The molecule has 0 aromatic heterocycles. The molecule has 0 aliphatic heterocycles. The molecule has 2 nitrogen and oxygen atoms in total. The van der Waals surface area contributed by atoms with Crippen molar-refractivity contribution in [2.75, 3.05) is 0 Å². The summed E-state index contributed by atoms with van der Waals surface area (Å²) in [5.41, 5.74) is 0.772. The maximum Gasteiger partial charge on any atom is 0.310 e. The Labute approximate surface area is 116 Å². The Kier molecular flexibility index (Phi) is 3.17. The summed E-state index contributed by atoms with van der Waals surface area (Å²) in [7, 11) is 0. The highest BCUT2D eigenvalue weighted by Crippen LogP contribution is 2.65. The molecule has 2 atom stereocenters. The number of halogens is 4. The second-order valence-corrected chi connectivity index (χ2v) is 6.35.